The van der Waals surface area contributed by atoms with Gasteiger partial charge in [0, 0.05) is 21.1 Å². The summed E-state index contributed by atoms with van der Waals surface area (Å²) in [5.74, 6) is 1.03. The number of imidazole rings is 1. The summed E-state index contributed by atoms with van der Waals surface area (Å²) in [7, 11) is 0. The van der Waals surface area contributed by atoms with Crippen molar-refractivity contribution in [2.75, 3.05) is 0 Å². The Morgan fingerprint density at radius 2 is 1.54 bits per heavy atom. The van der Waals surface area contributed by atoms with Crippen LogP contribution in [0.1, 0.15) is 60.5 Å². The Kier molecular flexibility index (Phi) is 4.26. The average Bonchev–Trinajstić information content (AvgIpc) is 3.46. The molecule has 0 aliphatic heterocycles. The zero-order chi connectivity index (χ0) is 26.8. The molecule has 0 saturated heterocycles. The van der Waals surface area contributed by atoms with Crippen molar-refractivity contribution in [1.29, 1.82) is 0 Å². The van der Waals surface area contributed by atoms with Gasteiger partial charge in [0.2, 0.25) is 0 Å². The van der Waals surface area contributed by atoms with Gasteiger partial charge >= 0.3 is 0 Å². The Hall–Kier alpha value is -3.92. The zero-order valence-corrected chi connectivity index (χ0v) is 20.3. The van der Waals surface area contributed by atoms with Gasteiger partial charge in [-0.3, -0.25) is 9.55 Å². The molecule has 0 atom stereocenters. The topological polar surface area (TPSA) is 43.9 Å². The minimum Gasteiger partial charge on any atom is -0.455 e. The molecule has 4 heteroatoms. The van der Waals surface area contributed by atoms with E-state index in [0.29, 0.717) is 16.9 Å². The van der Waals surface area contributed by atoms with E-state index in [-0.39, 0.29) is 17.5 Å². The van der Waals surface area contributed by atoms with Crippen LogP contribution in [0.3, 0.4) is 0 Å². The van der Waals surface area contributed by atoms with Crippen molar-refractivity contribution in [3.8, 4) is 17.1 Å². The fourth-order valence-corrected chi connectivity index (χ4v) is 5.12. The highest BCUT2D eigenvalue weighted by atomic mass is 16.3. The van der Waals surface area contributed by atoms with Crippen LogP contribution in [0.25, 0.3) is 50.0 Å². The van der Waals surface area contributed by atoms with Crippen LogP contribution in [-0.2, 0) is 0 Å². The highest BCUT2D eigenvalue weighted by Crippen LogP contribution is 2.41. The van der Waals surface area contributed by atoms with E-state index in [9.17, 15) is 0 Å². The van der Waals surface area contributed by atoms with Crippen LogP contribution in [0.2, 0.25) is 0 Å². The lowest BCUT2D eigenvalue weighted by atomic mass is 9.92. The maximum Gasteiger partial charge on any atom is 0.149 e. The summed E-state index contributed by atoms with van der Waals surface area (Å²) in [5.41, 5.74) is 6.66. The van der Waals surface area contributed by atoms with E-state index >= 15 is 0 Å². The van der Waals surface area contributed by atoms with Crippen LogP contribution in [-0.4, -0.2) is 14.5 Å². The summed E-state index contributed by atoms with van der Waals surface area (Å²) in [6.45, 7) is 6.22. The molecule has 0 spiro atoms. The molecule has 174 valence electrons. The first-order chi connectivity index (χ1) is 18.2. The van der Waals surface area contributed by atoms with Gasteiger partial charge in [-0.1, -0.05) is 76.2 Å². The van der Waals surface area contributed by atoms with E-state index in [1.807, 2.05) is 34.9 Å². The molecule has 0 bridgehead atoms. The molecule has 3 aromatic carbocycles. The molecule has 0 N–H and O–H groups in total. The second-order valence-electron chi connectivity index (χ2n) is 9.67. The van der Waals surface area contributed by atoms with Gasteiger partial charge in [0.05, 0.1) is 28.0 Å². The number of para-hydroxylation sites is 3. The number of pyridine rings is 1. The van der Waals surface area contributed by atoms with E-state index in [2.05, 4.69) is 63.0 Å². The van der Waals surface area contributed by atoms with Crippen LogP contribution < -0.4 is 0 Å². The van der Waals surface area contributed by atoms with Gasteiger partial charge in [0.25, 0.3) is 0 Å². The Bertz CT molecular complexity index is 1800. The number of fused-ring (bicyclic) bond motifs is 4. The molecule has 3 heterocycles. The third kappa shape index (κ3) is 3.28. The lowest BCUT2D eigenvalue weighted by Crippen LogP contribution is -2.09. The lowest BCUT2D eigenvalue weighted by Gasteiger charge is -2.23. The monoisotopic (exact) mass is 462 g/mol. The molecule has 0 saturated carbocycles. The molecule has 0 aliphatic rings. The minimum atomic E-state index is -2.41. The predicted molar refractivity (Wildman–Crippen MR) is 144 cm³/mol. The summed E-state index contributed by atoms with van der Waals surface area (Å²) in [4.78, 5) is 9.44. The maximum atomic E-state index is 8.32. The molecule has 0 amide bonds. The molecule has 0 fully saturated rings. The number of benzene rings is 3. The Morgan fingerprint density at radius 1 is 0.829 bits per heavy atom. The highest BCUT2D eigenvalue weighted by molar-refractivity contribution is 6.09. The SMILES string of the molecule is [2H]C([2H])([2H])c1nccc2nc(-c3cccc4c3oc3ccccc34)n(-c3c(C(C)C)cccc3C(C)C)c12. The first kappa shape index (κ1) is 18.4. The first-order valence-electron chi connectivity index (χ1n) is 13.6. The molecule has 3 aromatic heterocycles. The van der Waals surface area contributed by atoms with Gasteiger partial charge in [-0.25, -0.2) is 4.98 Å². The summed E-state index contributed by atoms with van der Waals surface area (Å²) in [6, 6.07) is 22.1. The number of aromatic nitrogens is 3. The van der Waals surface area contributed by atoms with E-state index in [1.54, 1.807) is 6.07 Å². The molecule has 6 rings (SSSR count). The van der Waals surface area contributed by atoms with Gasteiger partial charge in [0.15, 0.2) is 0 Å². The molecule has 0 unspecified atom stereocenters. The molecule has 0 aliphatic carbocycles. The van der Waals surface area contributed by atoms with Gasteiger partial charge in [0.1, 0.15) is 17.0 Å². The number of nitrogens with zero attached hydrogens (tertiary/aromatic N) is 3. The third-order valence-electron chi connectivity index (χ3n) is 6.78. The van der Waals surface area contributed by atoms with Gasteiger partial charge < -0.3 is 4.42 Å². The zero-order valence-electron chi connectivity index (χ0n) is 23.3. The third-order valence-corrected chi connectivity index (χ3v) is 6.78. The number of hydrogen-bond donors (Lipinski definition) is 0. The smallest absolute Gasteiger partial charge is 0.149 e. The average molecular weight is 463 g/mol. The second kappa shape index (κ2) is 8.09. The maximum absolute atomic E-state index is 8.32. The van der Waals surface area contributed by atoms with Crippen LogP contribution in [0.5, 0.6) is 0 Å². The Morgan fingerprint density at radius 3 is 2.29 bits per heavy atom. The number of hydrogen-bond acceptors (Lipinski definition) is 3. The van der Waals surface area contributed by atoms with Crippen molar-refractivity contribution in [2.24, 2.45) is 0 Å². The second-order valence-corrected chi connectivity index (χ2v) is 9.67. The first-order valence-corrected chi connectivity index (χ1v) is 12.1. The lowest BCUT2D eigenvalue weighted by molar-refractivity contribution is 0.669. The van der Waals surface area contributed by atoms with Crippen LogP contribution in [0, 0.1) is 6.85 Å². The van der Waals surface area contributed by atoms with E-state index in [4.69, 9.17) is 13.5 Å². The van der Waals surface area contributed by atoms with Crippen molar-refractivity contribution in [2.45, 2.75) is 46.4 Å². The van der Waals surface area contributed by atoms with E-state index in [0.717, 1.165) is 44.3 Å². The van der Waals surface area contributed by atoms with Crippen molar-refractivity contribution in [1.82, 2.24) is 14.5 Å². The van der Waals surface area contributed by atoms with Crippen molar-refractivity contribution >= 4 is 33.0 Å². The van der Waals surface area contributed by atoms with Crippen molar-refractivity contribution in [3.63, 3.8) is 0 Å². The Balaban J connectivity index is 1.83. The van der Waals surface area contributed by atoms with Gasteiger partial charge in [-0.05, 0) is 48.0 Å². The fraction of sp³-hybridized carbons (Fsp3) is 0.226. The normalized spacial score (nSPS) is 13.7. The summed E-state index contributed by atoms with van der Waals surface area (Å²) < 4.78 is 33.4. The molecule has 6 aromatic rings. The molecule has 35 heavy (non-hydrogen) atoms. The molecular weight excluding hydrogens is 430 g/mol. The number of aryl methyl sites for hydroxylation is 1. The van der Waals surface area contributed by atoms with Crippen LogP contribution in [0.4, 0.5) is 0 Å². The number of rotatable bonds is 4. The van der Waals surface area contributed by atoms with Gasteiger partial charge in [-0.2, -0.15) is 0 Å². The molecule has 4 nitrogen and oxygen atoms in total. The van der Waals surface area contributed by atoms with E-state index in [1.165, 1.54) is 6.20 Å². The fourth-order valence-electron chi connectivity index (χ4n) is 5.12. The quantitative estimate of drug-likeness (QED) is 0.264. The standard InChI is InChI=1S/C31H29N3O/c1-18(2)21-11-8-12-22(19(3)4)29(21)34-28-20(5)32-17-16-26(28)33-31(34)25-14-9-13-24-23-10-6-7-15-27(23)35-30(24)25/h6-19H,1-5H3/i5D3. The van der Waals surface area contributed by atoms with Crippen LogP contribution >= 0.6 is 0 Å². The van der Waals surface area contributed by atoms with Crippen molar-refractivity contribution in [3.05, 3.63) is 89.7 Å². The summed E-state index contributed by atoms with van der Waals surface area (Å²) in [6.07, 6.45) is 1.53. The largest absolute Gasteiger partial charge is 0.455 e. The van der Waals surface area contributed by atoms with Crippen molar-refractivity contribution < 1.29 is 8.53 Å². The number of furan rings is 1. The summed E-state index contributed by atoms with van der Waals surface area (Å²) >= 11 is 0. The minimum absolute atomic E-state index is 0.0406. The summed E-state index contributed by atoms with van der Waals surface area (Å²) in [5, 5.41) is 2.02. The Labute approximate surface area is 209 Å². The van der Waals surface area contributed by atoms with Gasteiger partial charge in [-0.15, -0.1) is 0 Å². The molecule has 0 radical (unpaired) electrons. The highest BCUT2D eigenvalue weighted by Gasteiger charge is 2.25. The predicted octanol–water partition coefficient (Wildman–Crippen LogP) is 8.54. The van der Waals surface area contributed by atoms with Crippen LogP contribution in [0.15, 0.2) is 77.3 Å². The molecular formula is C31H29N3O. The van der Waals surface area contributed by atoms with E-state index < -0.39 is 6.85 Å².